The Bertz CT molecular complexity index is 616. The third kappa shape index (κ3) is 2.56. The zero-order valence-electron chi connectivity index (χ0n) is 12.2. The Hall–Kier alpha value is -1.82. The van der Waals surface area contributed by atoms with Gasteiger partial charge >= 0.3 is 0 Å². The highest BCUT2D eigenvalue weighted by molar-refractivity contribution is 7.12. The Kier molecular flexibility index (Phi) is 4.13. The zero-order valence-corrected chi connectivity index (χ0v) is 13.0. The molecule has 6 heteroatoms. The normalized spacial score (nSPS) is 12.4. The van der Waals surface area contributed by atoms with Gasteiger partial charge in [0.2, 0.25) is 0 Å². The summed E-state index contributed by atoms with van der Waals surface area (Å²) in [4.78, 5) is 16.6. The first-order valence-corrected chi connectivity index (χ1v) is 7.43. The van der Waals surface area contributed by atoms with E-state index in [0.29, 0.717) is 11.4 Å². The molecule has 0 saturated carbocycles. The van der Waals surface area contributed by atoms with Gasteiger partial charge in [-0.2, -0.15) is 5.10 Å². The Labute approximate surface area is 122 Å². The van der Waals surface area contributed by atoms with Gasteiger partial charge in [-0.05, 0) is 32.4 Å². The van der Waals surface area contributed by atoms with Gasteiger partial charge in [-0.3, -0.25) is 9.89 Å². The Morgan fingerprint density at radius 3 is 2.75 bits per heavy atom. The van der Waals surface area contributed by atoms with Crippen LogP contribution >= 0.6 is 11.3 Å². The van der Waals surface area contributed by atoms with E-state index in [4.69, 9.17) is 5.73 Å². The number of nitrogens with zero attached hydrogens (tertiary/aromatic N) is 2. The van der Waals surface area contributed by atoms with Gasteiger partial charge in [-0.15, -0.1) is 11.3 Å². The Morgan fingerprint density at radius 1 is 1.55 bits per heavy atom. The second-order valence-corrected chi connectivity index (χ2v) is 6.18. The number of H-pyrrole nitrogens is 1. The minimum Gasteiger partial charge on any atom is -0.395 e. The molecule has 2 rings (SSSR count). The highest BCUT2D eigenvalue weighted by Gasteiger charge is 2.24. The molecule has 0 spiro atoms. The van der Waals surface area contributed by atoms with Crippen LogP contribution in [-0.2, 0) is 6.42 Å². The molecule has 1 amide bonds. The number of carbonyl (C=O) groups excluding carboxylic acids is 1. The van der Waals surface area contributed by atoms with Crippen molar-refractivity contribution in [1.82, 2.24) is 15.1 Å². The lowest BCUT2D eigenvalue weighted by molar-refractivity contribution is 0.0740. The molecular formula is C14H20N4OS. The van der Waals surface area contributed by atoms with E-state index in [-0.39, 0.29) is 11.9 Å². The lowest BCUT2D eigenvalue weighted by atomic mass is 10.2. The van der Waals surface area contributed by atoms with E-state index in [2.05, 4.69) is 29.3 Å². The van der Waals surface area contributed by atoms with Crippen LogP contribution in [0.15, 0.2) is 12.1 Å². The van der Waals surface area contributed by atoms with Crippen molar-refractivity contribution in [1.29, 1.82) is 0 Å². The number of amides is 1. The summed E-state index contributed by atoms with van der Waals surface area (Å²) in [5.41, 5.74) is 7.53. The molecule has 0 aliphatic carbocycles. The quantitative estimate of drug-likeness (QED) is 0.910. The Morgan fingerprint density at radius 2 is 2.25 bits per heavy atom. The molecule has 1 unspecified atom stereocenters. The minimum absolute atomic E-state index is 0.00220. The van der Waals surface area contributed by atoms with Gasteiger partial charge in [0.1, 0.15) is 0 Å². The number of thiophene rings is 1. The van der Waals surface area contributed by atoms with Crippen LogP contribution in [-0.4, -0.2) is 28.1 Å². The molecule has 0 aliphatic rings. The van der Waals surface area contributed by atoms with Crippen molar-refractivity contribution in [3.63, 3.8) is 0 Å². The number of hydrogen-bond donors (Lipinski definition) is 2. The number of anilines is 1. The van der Waals surface area contributed by atoms with E-state index in [1.807, 2.05) is 13.8 Å². The van der Waals surface area contributed by atoms with Crippen LogP contribution in [0.4, 0.5) is 5.69 Å². The molecule has 2 heterocycles. The number of aromatic nitrogens is 2. The molecule has 0 aliphatic heterocycles. The summed E-state index contributed by atoms with van der Waals surface area (Å²) in [7, 11) is 1.78. The number of nitrogens with two attached hydrogens (primary N) is 1. The van der Waals surface area contributed by atoms with Crippen LogP contribution in [0.2, 0.25) is 0 Å². The average Bonchev–Trinajstić information content (AvgIpc) is 3.02. The predicted octanol–water partition coefficient (Wildman–Crippen LogP) is 2.76. The van der Waals surface area contributed by atoms with Gasteiger partial charge in [0.05, 0.1) is 17.4 Å². The van der Waals surface area contributed by atoms with Gasteiger partial charge in [0.25, 0.3) is 5.91 Å². The van der Waals surface area contributed by atoms with Crippen LogP contribution in [0.25, 0.3) is 0 Å². The SMILES string of the molecule is CCc1[nH]nc(C(=O)N(C)C(C)c2ccc(C)s2)c1N. The van der Waals surface area contributed by atoms with Crippen LogP contribution in [0.5, 0.6) is 0 Å². The van der Waals surface area contributed by atoms with Crippen molar-refractivity contribution in [2.45, 2.75) is 33.2 Å². The van der Waals surface area contributed by atoms with Gasteiger partial charge < -0.3 is 10.6 Å². The molecular weight excluding hydrogens is 272 g/mol. The van der Waals surface area contributed by atoms with E-state index in [1.54, 1.807) is 23.3 Å². The summed E-state index contributed by atoms with van der Waals surface area (Å²) in [6.45, 7) is 6.04. The summed E-state index contributed by atoms with van der Waals surface area (Å²) in [6.07, 6.45) is 0.732. The van der Waals surface area contributed by atoms with E-state index < -0.39 is 0 Å². The molecule has 0 aromatic carbocycles. The summed E-state index contributed by atoms with van der Waals surface area (Å²) < 4.78 is 0. The van der Waals surface area contributed by atoms with E-state index in [9.17, 15) is 4.79 Å². The molecule has 20 heavy (non-hydrogen) atoms. The van der Waals surface area contributed by atoms with Crippen LogP contribution in [0.3, 0.4) is 0 Å². The summed E-state index contributed by atoms with van der Waals surface area (Å²) in [6, 6.07) is 4.12. The molecule has 0 fully saturated rings. The summed E-state index contributed by atoms with van der Waals surface area (Å²) in [5, 5.41) is 6.87. The molecule has 1 atom stereocenters. The maximum absolute atomic E-state index is 12.5. The van der Waals surface area contributed by atoms with Crippen molar-refractivity contribution in [3.8, 4) is 0 Å². The maximum atomic E-state index is 12.5. The molecule has 0 saturated heterocycles. The van der Waals surface area contributed by atoms with Gasteiger partial charge in [-0.25, -0.2) is 0 Å². The standard InChI is InChI=1S/C14H20N4OS/c1-5-10-12(15)13(17-16-10)14(19)18(4)9(3)11-7-6-8(2)20-11/h6-7,9H,5,15H2,1-4H3,(H,16,17). The Balaban J connectivity index is 2.21. The number of rotatable bonds is 4. The third-order valence-electron chi connectivity index (χ3n) is 3.51. The fourth-order valence-electron chi connectivity index (χ4n) is 2.03. The maximum Gasteiger partial charge on any atom is 0.276 e. The molecule has 108 valence electrons. The molecule has 2 aromatic heterocycles. The number of carbonyl (C=O) groups is 1. The average molecular weight is 292 g/mol. The number of nitrogen functional groups attached to an aromatic ring is 1. The molecule has 3 N–H and O–H groups in total. The highest BCUT2D eigenvalue weighted by Crippen LogP contribution is 2.28. The van der Waals surface area contributed by atoms with Crippen molar-refractivity contribution in [2.75, 3.05) is 12.8 Å². The van der Waals surface area contributed by atoms with Crippen LogP contribution in [0, 0.1) is 6.92 Å². The van der Waals surface area contributed by atoms with Crippen LogP contribution < -0.4 is 5.73 Å². The third-order valence-corrected chi connectivity index (χ3v) is 4.68. The largest absolute Gasteiger partial charge is 0.395 e. The minimum atomic E-state index is -0.156. The second kappa shape index (κ2) is 5.66. The number of aromatic amines is 1. The fraction of sp³-hybridized carbons (Fsp3) is 0.429. The first kappa shape index (κ1) is 14.6. The van der Waals surface area contributed by atoms with Crippen molar-refractivity contribution in [3.05, 3.63) is 33.3 Å². The van der Waals surface area contributed by atoms with E-state index in [1.165, 1.54) is 4.88 Å². The summed E-state index contributed by atoms with van der Waals surface area (Å²) >= 11 is 1.70. The van der Waals surface area contributed by atoms with Crippen LogP contribution in [0.1, 0.15) is 45.8 Å². The topological polar surface area (TPSA) is 75.0 Å². The van der Waals surface area contributed by atoms with E-state index >= 15 is 0 Å². The van der Waals surface area contributed by atoms with Crippen molar-refractivity contribution >= 4 is 22.9 Å². The monoisotopic (exact) mass is 292 g/mol. The van der Waals surface area contributed by atoms with Crippen molar-refractivity contribution in [2.24, 2.45) is 0 Å². The fourth-order valence-corrected chi connectivity index (χ4v) is 3.00. The second-order valence-electron chi connectivity index (χ2n) is 4.86. The highest BCUT2D eigenvalue weighted by atomic mass is 32.1. The lowest BCUT2D eigenvalue weighted by Gasteiger charge is -2.23. The first-order chi connectivity index (χ1) is 9.45. The van der Waals surface area contributed by atoms with E-state index in [0.717, 1.165) is 17.0 Å². The summed E-state index contributed by atoms with van der Waals surface area (Å²) in [5.74, 6) is -0.156. The zero-order chi connectivity index (χ0) is 14.9. The lowest BCUT2D eigenvalue weighted by Crippen LogP contribution is -2.30. The smallest absolute Gasteiger partial charge is 0.276 e. The number of hydrogen-bond acceptors (Lipinski definition) is 4. The number of aryl methyl sites for hydroxylation is 2. The first-order valence-electron chi connectivity index (χ1n) is 6.61. The van der Waals surface area contributed by atoms with Gasteiger partial charge in [0, 0.05) is 16.8 Å². The molecule has 0 radical (unpaired) electrons. The molecule has 0 bridgehead atoms. The number of nitrogens with one attached hydrogen (secondary N) is 1. The molecule has 2 aromatic rings. The van der Waals surface area contributed by atoms with Gasteiger partial charge in [0.15, 0.2) is 5.69 Å². The molecule has 5 nitrogen and oxygen atoms in total. The predicted molar refractivity (Wildman–Crippen MR) is 81.9 cm³/mol. The van der Waals surface area contributed by atoms with Crippen molar-refractivity contribution < 1.29 is 4.79 Å². The van der Waals surface area contributed by atoms with Gasteiger partial charge in [-0.1, -0.05) is 6.92 Å².